The molecule has 1 aliphatic heterocycles. The molecule has 6 nitrogen and oxygen atoms in total. The van der Waals surface area contributed by atoms with E-state index in [1.165, 1.54) is 0 Å². The van der Waals surface area contributed by atoms with Crippen molar-refractivity contribution in [2.75, 3.05) is 26.8 Å². The van der Waals surface area contributed by atoms with Crippen LogP contribution in [0.25, 0.3) is 0 Å². The van der Waals surface area contributed by atoms with Gasteiger partial charge in [-0.25, -0.2) is 0 Å². The summed E-state index contributed by atoms with van der Waals surface area (Å²) in [5.74, 6) is 1.21. The van der Waals surface area contributed by atoms with Gasteiger partial charge in [0.05, 0.1) is 12.7 Å². The predicted octanol–water partition coefficient (Wildman–Crippen LogP) is 4.75. The van der Waals surface area contributed by atoms with Crippen molar-refractivity contribution >= 4 is 29.9 Å². The van der Waals surface area contributed by atoms with E-state index >= 15 is 0 Å². The van der Waals surface area contributed by atoms with Crippen molar-refractivity contribution in [2.45, 2.75) is 32.6 Å². The number of aliphatic imine (C=N–C) groups is 1. The molecule has 2 aromatic carbocycles. The van der Waals surface area contributed by atoms with Gasteiger partial charge in [0, 0.05) is 38.2 Å². The van der Waals surface area contributed by atoms with Crippen LogP contribution in [-0.4, -0.2) is 39.4 Å². The maximum Gasteiger partial charge on any atom is 0.387 e. The van der Waals surface area contributed by atoms with E-state index in [1.54, 1.807) is 32.2 Å². The molecule has 0 radical (unpaired) electrons. The number of halogens is 3. The van der Waals surface area contributed by atoms with Crippen molar-refractivity contribution in [2.24, 2.45) is 10.9 Å². The van der Waals surface area contributed by atoms with Gasteiger partial charge in [-0.15, -0.1) is 24.0 Å². The third-order valence-corrected chi connectivity index (χ3v) is 5.11. The zero-order valence-electron chi connectivity index (χ0n) is 18.2. The standard InChI is InChI=1S/C23H29F2N3O3.HI/c1-3-29-19-11-7-10-17(21(19)31-22(24)25)14-27-23(26-2)28-15-18-12-13-30-20(18)16-8-5-4-6-9-16;/h4-11,18,20,22H,3,12-15H2,1-2H3,(H2,26,27,28);1H. The Balaban J connectivity index is 0.00000363. The van der Waals surface area contributed by atoms with E-state index in [-0.39, 0.29) is 42.4 Å². The highest BCUT2D eigenvalue weighted by Gasteiger charge is 2.29. The molecule has 1 fully saturated rings. The molecule has 0 saturated carbocycles. The minimum Gasteiger partial charge on any atom is -0.490 e. The fraction of sp³-hybridized carbons (Fsp3) is 0.435. The molecular weight excluding hydrogens is 531 g/mol. The fourth-order valence-electron chi connectivity index (χ4n) is 3.67. The first-order valence-electron chi connectivity index (χ1n) is 10.4. The fourth-order valence-corrected chi connectivity index (χ4v) is 3.67. The molecule has 0 amide bonds. The minimum atomic E-state index is -2.94. The van der Waals surface area contributed by atoms with E-state index in [1.807, 2.05) is 18.2 Å². The molecular formula is C23H30F2IN3O3. The number of ether oxygens (including phenoxy) is 3. The van der Waals surface area contributed by atoms with Crippen LogP contribution in [0.2, 0.25) is 0 Å². The molecule has 176 valence electrons. The van der Waals surface area contributed by atoms with E-state index in [0.717, 1.165) is 18.6 Å². The third kappa shape index (κ3) is 7.19. The second-order valence-electron chi connectivity index (χ2n) is 7.11. The smallest absolute Gasteiger partial charge is 0.387 e. The lowest BCUT2D eigenvalue weighted by Crippen LogP contribution is -2.40. The van der Waals surface area contributed by atoms with Gasteiger partial charge in [0.25, 0.3) is 0 Å². The Labute approximate surface area is 204 Å². The van der Waals surface area contributed by atoms with Crippen LogP contribution >= 0.6 is 24.0 Å². The summed E-state index contributed by atoms with van der Waals surface area (Å²) >= 11 is 0. The highest BCUT2D eigenvalue weighted by molar-refractivity contribution is 14.0. The summed E-state index contributed by atoms with van der Waals surface area (Å²) in [5.41, 5.74) is 1.72. The van der Waals surface area contributed by atoms with Crippen molar-refractivity contribution in [3.8, 4) is 11.5 Å². The Morgan fingerprint density at radius 2 is 1.94 bits per heavy atom. The first kappa shape index (κ1) is 26.1. The SMILES string of the molecule is CCOc1cccc(CNC(=NC)NCC2CCOC2c2ccccc2)c1OC(F)F.I. The van der Waals surface area contributed by atoms with E-state index < -0.39 is 6.61 Å². The third-order valence-electron chi connectivity index (χ3n) is 5.11. The molecule has 0 aromatic heterocycles. The van der Waals surface area contributed by atoms with Crippen LogP contribution in [0, 0.1) is 5.92 Å². The Bertz CT molecular complexity index is 856. The first-order chi connectivity index (χ1) is 15.1. The number of hydrogen-bond acceptors (Lipinski definition) is 4. The topological polar surface area (TPSA) is 64.1 Å². The van der Waals surface area contributed by atoms with Gasteiger partial charge in [-0.2, -0.15) is 8.78 Å². The van der Waals surface area contributed by atoms with Gasteiger partial charge in [0.15, 0.2) is 17.5 Å². The number of benzene rings is 2. The van der Waals surface area contributed by atoms with Crippen LogP contribution in [-0.2, 0) is 11.3 Å². The summed E-state index contributed by atoms with van der Waals surface area (Å²) in [4.78, 5) is 4.24. The maximum absolute atomic E-state index is 12.9. The lowest BCUT2D eigenvalue weighted by molar-refractivity contribution is -0.0520. The van der Waals surface area contributed by atoms with Crippen LogP contribution in [0.4, 0.5) is 8.78 Å². The van der Waals surface area contributed by atoms with Gasteiger partial charge in [-0.05, 0) is 25.0 Å². The molecule has 0 spiro atoms. The Kier molecular flexibility index (Phi) is 10.9. The van der Waals surface area contributed by atoms with E-state index in [9.17, 15) is 8.78 Å². The lowest BCUT2D eigenvalue weighted by atomic mass is 9.95. The molecule has 1 aliphatic rings. The zero-order chi connectivity index (χ0) is 22.1. The molecule has 9 heteroatoms. The van der Waals surface area contributed by atoms with Crippen LogP contribution < -0.4 is 20.1 Å². The summed E-state index contributed by atoms with van der Waals surface area (Å²) in [6.45, 7) is 0.862. The number of nitrogens with one attached hydrogen (secondary N) is 2. The summed E-state index contributed by atoms with van der Waals surface area (Å²) in [6, 6.07) is 15.2. The van der Waals surface area contributed by atoms with Crippen LogP contribution in [0.3, 0.4) is 0 Å². The Morgan fingerprint density at radius 1 is 1.16 bits per heavy atom. The van der Waals surface area contributed by atoms with Crippen LogP contribution in [0.1, 0.15) is 30.6 Å². The molecule has 3 rings (SSSR count). The highest BCUT2D eigenvalue weighted by Crippen LogP contribution is 2.34. The van der Waals surface area contributed by atoms with Gasteiger partial charge >= 0.3 is 6.61 Å². The number of alkyl halides is 2. The molecule has 0 aliphatic carbocycles. The van der Waals surface area contributed by atoms with Crippen LogP contribution in [0.5, 0.6) is 11.5 Å². The quantitative estimate of drug-likeness (QED) is 0.263. The molecule has 0 bridgehead atoms. The van der Waals surface area contributed by atoms with Crippen molar-refractivity contribution in [1.29, 1.82) is 0 Å². The van der Waals surface area contributed by atoms with Gasteiger partial charge in [-0.1, -0.05) is 42.5 Å². The molecule has 32 heavy (non-hydrogen) atoms. The van der Waals surface area contributed by atoms with E-state index in [4.69, 9.17) is 14.2 Å². The molecule has 2 aromatic rings. The molecule has 2 N–H and O–H groups in total. The largest absolute Gasteiger partial charge is 0.490 e. The summed E-state index contributed by atoms with van der Waals surface area (Å²) in [5, 5.41) is 6.48. The maximum atomic E-state index is 12.9. The Hall–Kier alpha value is -2.14. The number of nitrogens with zero attached hydrogens (tertiary/aromatic N) is 1. The van der Waals surface area contributed by atoms with Gasteiger partial charge in [-0.3, -0.25) is 4.99 Å². The second kappa shape index (κ2) is 13.4. The molecule has 1 heterocycles. The normalized spacial score (nSPS) is 18.2. The summed E-state index contributed by atoms with van der Waals surface area (Å²) in [6.07, 6.45) is 0.993. The van der Waals surface area contributed by atoms with Gasteiger partial charge in [0.2, 0.25) is 0 Å². The zero-order valence-corrected chi connectivity index (χ0v) is 20.6. The number of rotatable bonds is 9. The average molecular weight is 561 g/mol. The predicted molar refractivity (Wildman–Crippen MR) is 131 cm³/mol. The van der Waals surface area contributed by atoms with Crippen LogP contribution in [0.15, 0.2) is 53.5 Å². The molecule has 1 saturated heterocycles. The molecule has 2 unspecified atom stereocenters. The summed E-state index contributed by atoms with van der Waals surface area (Å²) in [7, 11) is 1.67. The van der Waals surface area contributed by atoms with Crippen molar-refractivity contribution in [3.63, 3.8) is 0 Å². The highest BCUT2D eigenvalue weighted by atomic mass is 127. The van der Waals surface area contributed by atoms with Gasteiger partial charge < -0.3 is 24.8 Å². The van der Waals surface area contributed by atoms with Gasteiger partial charge in [0.1, 0.15) is 0 Å². The Morgan fingerprint density at radius 3 is 2.62 bits per heavy atom. The second-order valence-corrected chi connectivity index (χ2v) is 7.11. The number of hydrogen-bond donors (Lipinski definition) is 2. The molecule has 2 atom stereocenters. The van der Waals surface area contributed by atoms with E-state index in [0.29, 0.717) is 36.3 Å². The number of guanidine groups is 1. The number of para-hydroxylation sites is 1. The van der Waals surface area contributed by atoms with E-state index in [2.05, 4.69) is 27.8 Å². The van der Waals surface area contributed by atoms with Crippen molar-refractivity contribution in [3.05, 3.63) is 59.7 Å². The van der Waals surface area contributed by atoms with Crippen molar-refractivity contribution < 1.29 is 23.0 Å². The minimum absolute atomic E-state index is 0. The lowest BCUT2D eigenvalue weighted by Gasteiger charge is -2.21. The monoisotopic (exact) mass is 561 g/mol. The summed E-state index contributed by atoms with van der Waals surface area (Å²) < 4.78 is 41.9. The first-order valence-corrected chi connectivity index (χ1v) is 10.4. The van der Waals surface area contributed by atoms with Crippen molar-refractivity contribution in [1.82, 2.24) is 10.6 Å². The average Bonchev–Trinajstić information content (AvgIpc) is 3.25.